The van der Waals surface area contributed by atoms with Crippen LogP contribution in [0.1, 0.15) is 180 Å². The molecule has 2 aliphatic rings. The van der Waals surface area contributed by atoms with Crippen LogP contribution in [0.5, 0.6) is 0 Å². The van der Waals surface area contributed by atoms with Crippen LogP contribution in [0.25, 0.3) is 0 Å². The quantitative estimate of drug-likeness (QED) is 0.0110. The largest absolute Gasteiger partial charge is 0.481 e. The third-order valence-corrected chi connectivity index (χ3v) is 18.3. The Labute approximate surface area is 649 Å². The molecular weight excluding hydrogens is 1430 g/mol. The van der Waals surface area contributed by atoms with Crippen molar-refractivity contribution in [1.29, 1.82) is 0 Å². The second-order valence-corrected chi connectivity index (χ2v) is 27.7. The van der Waals surface area contributed by atoms with Gasteiger partial charge in [0.1, 0.15) is 0 Å². The van der Waals surface area contributed by atoms with Gasteiger partial charge in [-0.3, -0.25) is 47.9 Å². The number of carboxylic acid groups (broad SMARTS) is 4. The molecule has 0 fully saturated rings. The summed E-state index contributed by atoms with van der Waals surface area (Å²) in [7, 11) is 0. The van der Waals surface area contributed by atoms with Gasteiger partial charge in [-0.05, 0) is 149 Å². The number of rotatable bonds is 32. The highest BCUT2D eigenvalue weighted by Gasteiger charge is 2.36. The molecule has 8 aromatic carbocycles. The zero-order chi connectivity index (χ0) is 82.0. The van der Waals surface area contributed by atoms with E-state index in [4.69, 9.17) is 39.4 Å². The molecule has 0 spiro atoms. The van der Waals surface area contributed by atoms with Crippen molar-refractivity contribution in [2.24, 2.45) is 10.8 Å². The molecule has 0 aromatic heterocycles. The van der Waals surface area contributed by atoms with E-state index in [-0.39, 0.29) is 109 Å². The summed E-state index contributed by atoms with van der Waals surface area (Å²) in [5.74, 6) is -6.59. The average molecular weight is 1530 g/mol. The Hall–Kier alpha value is -13.1. The normalized spacial score (nSPS) is 11.6. The molecule has 0 heterocycles. The molecule has 24 nitrogen and oxygen atoms in total. The number of hydrogen-bond donors (Lipinski definition) is 8. The van der Waals surface area contributed by atoms with Gasteiger partial charge >= 0.3 is 47.8 Å². The number of anilines is 8. The van der Waals surface area contributed by atoms with Gasteiger partial charge in [0.15, 0.2) is 23.1 Å². The number of carbonyl (C=O) groups excluding carboxylic acids is 8. The van der Waals surface area contributed by atoms with E-state index in [9.17, 15) is 57.5 Å². The number of esters is 4. The van der Waals surface area contributed by atoms with Crippen molar-refractivity contribution in [3.05, 3.63) is 261 Å². The number of ether oxygens (including phenoxy) is 4. The first-order chi connectivity index (χ1) is 53.2. The molecule has 0 radical (unpaired) electrons. The van der Waals surface area contributed by atoms with Gasteiger partial charge in [-0.1, -0.05) is 124 Å². The smallest absolute Gasteiger partial charge is 0.333 e. The van der Waals surface area contributed by atoms with Gasteiger partial charge in [0, 0.05) is 81.8 Å². The van der Waals surface area contributed by atoms with Crippen LogP contribution in [-0.2, 0) is 83.0 Å². The molecule has 0 bridgehead atoms. The van der Waals surface area contributed by atoms with Crippen molar-refractivity contribution >= 4 is 116 Å². The highest BCUT2D eigenvalue weighted by molar-refractivity contribution is 6.33. The summed E-state index contributed by atoms with van der Waals surface area (Å²) in [4.78, 5) is 144. The highest BCUT2D eigenvalue weighted by Crippen LogP contribution is 2.41. The molecule has 8 aromatic rings. The molecule has 0 aliphatic heterocycles. The lowest BCUT2D eigenvalue weighted by Crippen LogP contribution is -2.26. The van der Waals surface area contributed by atoms with Gasteiger partial charge in [-0.25, -0.2) is 9.59 Å². The lowest BCUT2D eigenvalue weighted by Gasteiger charge is -2.24. The zero-order valence-electron chi connectivity index (χ0n) is 63.8. The SMILES string of the molecule is C=C(C)C(=O)O.C=C(C)C(=O)OCCc1ccc(Nc2ccc(Nc3ccc(CCOC(=O)CCC(=O)O)cc3)c3c2C(=O)c2ccccc2C3=O)cc1.CCC(C)(C)C(=O)O.CCC(C)(C)C(=O)OCCc1ccc(Nc2ccc(Nc3ccc(CCOC(=O)CCC(=O)O)cc3)c3c2C(=O)c2ccccc2C3=O)cc1. The maximum Gasteiger partial charge on any atom is 0.333 e. The van der Waals surface area contributed by atoms with E-state index in [0.29, 0.717) is 106 Å². The Morgan fingerprint density at radius 3 is 0.839 bits per heavy atom. The average Bonchev–Trinajstić information content (AvgIpc) is 0.746. The van der Waals surface area contributed by atoms with Crippen LogP contribution in [0.3, 0.4) is 0 Å². The first-order valence-corrected chi connectivity index (χ1v) is 36.2. The Morgan fingerprint density at radius 2 is 0.616 bits per heavy atom. The minimum atomic E-state index is -1.05. The second kappa shape index (κ2) is 40.4. The molecule has 0 amide bonds. The van der Waals surface area contributed by atoms with Crippen molar-refractivity contribution in [2.75, 3.05) is 47.7 Å². The summed E-state index contributed by atoms with van der Waals surface area (Å²) in [6.07, 6.45) is 2.47. The van der Waals surface area contributed by atoms with Crippen molar-refractivity contribution in [3.8, 4) is 0 Å². The molecule has 0 unspecified atom stereocenters. The monoisotopic (exact) mass is 1520 g/mol. The third kappa shape index (κ3) is 24.4. The molecule has 584 valence electrons. The van der Waals surface area contributed by atoms with Gasteiger partial charge in [-0.2, -0.15) is 0 Å². The van der Waals surface area contributed by atoms with E-state index in [2.05, 4.69) is 34.4 Å². The molecule has 0 atom stereocenters. The molecular formula is C88H92N4O20. The fraction of sp³-hybridized carbons (Fsp3) is 0.273. The number of fused-ring (bicyclic) bond motifs is 4. The molecule has 2 aliphatic carbocycles. The Balaban J connectivity index is 0.000000265. The summed E-state index contributed by atoms with van der Waals surface area (Å²) in [5, 5.41) is 47.0. The molecule has 24 heteroatoms. The van der Waals surface area contributed by atoms with Crippen LogP contribution in [-0.4, -0.2) is 118 Å². The Morgan fingerprint density at radius 1 is 0.357 bits per heavy atom. The minimum absolute atomic E-state index is 0.122. The fourth-order valence-corrected chi connectivity index (χ4v) is 10.8. The molecule has 10 rings (SSSR count). The number of benzene rings is 8. The molecule has 0 saturated heterocycles. The van der Waals surface area contributed by atoms with Crippen LogP contribution >= 0.6 is 0 Å². The number of ketones is 4. The number of carboxylic acids is 4. The topological polar surface area (TPSA) is 371 Å². The molecule has 112 heavy (non-hydrogen) atoms. The van der Waals surface area contributed by atoms with Crippen LogP contribution in [0.4, 0.5) is 45.5 Å². The molecule has 0 saturated carbocycles. The maximum absolute atomic E-state index is 13.9. The van der Waals surface area contributed by atoms with E-state index in [1.54, 1.807) is 93.6 Å². The van der Waals surface area contributed by atoms with Crippen LogP contribution < -0.4 is 21.3 Å². The van der Waals surface area contributed by atoms with Gasteiger partial charge in [0.25, 0.3) is 0 Å². The standard InChI is InChI=1S/C40H40N2O8.C38H34N2O8.C6H12O2.C4H6O2/c1-4-40(2,3)39(48)50-24-22-26-11-15-28(16-12-26)42-32-18-17-31(35-36(32)38(47)30-8-6-5-7-29(30)37(35)46)41-27-13-9-25(10-14-27)21-23-49-34(45)20-19-33(43)44;1-23(2)38(46)48-22-20-25-9-13-27(14-10-25)40-31-16-15-30(34-35(31)37(45)29-6-4-3-5-28(29)36(34)44)39-26-11-7-24(8-12-26)19-21-47-33(43)18-17-32(41)42;1-4-6(2,3)5(7)8;1-3(2)4(5)6/h5-18,41-42H,4,19-24H2,1-3H3,(H,43,44);3-16,39-40H,1,17-22H2,2H3,(H,41,42);4H2,1-3H3,(H,7,8);1H2,2H3,(H,5,6). The van der Waals surface area contributed by atoms with Crippen molar-refractivity contribution < 1.29 is 96.9 Å². The number of hydrogen-bond acceptors (Lipinski definition) is 20. The Bertz CT molecular complexity index is 4830. The summed E-state index contributed by atoms with van der Waals surface area (Å²) < 4.78 is 20.9. The number of nitrogens with one attached hydrogen (secondary N) is 4. The van der Waals surface area contributed by atoms with Crippen LogP contribution in [0.2, 0.25) is 0 Å². The fourth-order valence-electron chi connectivity index (χ4n) is 10.8. The number of aliphatic carboxylic acids is 4. The second-order valence-electron chi connectivity index (χ2n) is 27.7. The van der Waals surface area contributed by atoms with E-state index in [1.165, 1.54) is 6.92 Å². The van der Waals surface area contributed by atoms with E-state index >= 15 is 0 Å². The zero-order valence-corrected chi connectivity index (χ0v) is 63.8. The predicted molar refractivity (Wildman–Crippen MR) is 424 cm³/mol. The number of carbonyl (C=O) groups is 12. The van der Waals surface area contributed by atoms with Crippen LogP contribution in [0, 0.1) is 10.8 Å². The predicted octanol–water partition coefficient (Wildman–Crippen LogP) is 16.1. The summed E-state index contributed by atoms with van der Waals surface area (Å²) in [6, 6.07) is 50.5. The van der Waals surface area contributed by atoms with Crippen molar-refractivity contribution in [2.45, 2.75) is 120 Å². The van der Waals surface area contributed by atoms with E-state index in [0.717, 1.165) is 27.9 Å². The minimum Gasteiger partial charge on any atom is -0.481 e. The van der Waals surface area contributed by atoms with E-state index in [1.807, 2.05) is 125 Å². The van der Waals surface area contributed by atoms with Crippen molar-refractivity contribution in [1.82, 2.24) is 0 Å². The Kier molecular flexibility index (Phi) is 31.0. The summed E-state index contributed by atoms with van der Waals surface area (Å²) in [5.41, 5.74) is 10.4. The first-order valence-electron chi connectivity index (χ1n) is 36.2. The van der Waals surface area contributed by atoms with Gasteiger partial charge < -0.3 is 60.6 Å². The highest BCUT2D eigenvalue weighted by atomic mass is 16.5. The summed E-state index contributed by atoms with van der Waals surface area (Å²) >= 11 is 0. The van der Waals surface area contributed by atoms with Crippen molar-refractivity contribution in [3.63, 3.8) is 0 Å². The first kappa shape index (κ1) is 86.1. The third-order valence-electron chi connectivity index (χ3n) is 18.3. The van der Waals surface area contributed by atoms with E-state index < -0.39 is 52.6 Å². The van der Waals surface area contributed by atoms with Crippen LogP contribution in [0.15, 0.2) is 194 Å². The van der Waals surface area contributed by atoms with Gasteiger partial charge in [0.2, 0.25) is 0 Å². The lowest BCUT2D eigenvalue weighted by atomic mass is 9.82. The summed E-state index contributed by atoms with van der Waals surface area (Å²) in [6.45, 7) is 21.5. The van der Waals surface area contributed by atoms with Gasteiger partial charge in [-0.15, -0.1) is 0 Å². The molecule has 8 N–H and O–H groups in total. The van der Waals surface area contributed by atoms with Gasteiger partial charge in [0.05, 0.1) is 108 Å². The maximum atomic E-state index is 13.9. The lowest BCUT2D eigenvalue weighted by molar-refractivity contribution is -0.154.